The number of aromatic nitrogens is 6. The number of fused-ring (bicyclic) bond motifs is 2. The number of anilines is 3. The van der Waals surface area contributed by atoms with E-state index < -0.39 is 0 Å². The highest BCUT2D eigenvalue weighted by Gasteiger charge is 2.28. The van der Waals surface area contributed by atoms with Crippen LogP contribution in [0.5, 0.6) is 0 Å². The molecule has 1 aliphatic carbocycles. The number of hydrogen-bond acceptors (Lipinski definition) is 7. The molecule has 9 nitrogen and oxygen atoms in total. The number of nitrogens with one attached hydrogen (secondary N) is 2. The molecule has 4 heterocycles. The summed E-state index contributed by atoms with van der Waals surface area (Å²) in [5.74, 6) is 1.31. The average molecular weight is 453 g/mol. The second-order valence-electron chi connectivity index (χ2n) is 8.95. The number of H-pyrrole nitrogens is 1. The number of aromatic amines is 1. The Kier molecular flexibility index (Phi) is 4.47. The van der Waals surface area contributed by atoms with Gasteiger partial charge in [0.2, 0.25) is 0 Å². The molecule has 2 aromatic carbocycles. The number of nitrogens with zero attached hydrogens (tertiary/aromatic N) is 6. The topological polar surface area (TPSA) is 96.3 Å². The minimum atomic E-state index is 0.633. The van der Waals surface area contributed by atoms with Gasteiger partial charge in [0.15, 0.2) is 11.5 Å². The van der Waals surface area contributed by atoms with Gasteiger partial charge in [-0.25, -0.2) is 14.5 Å². The molecule has 1 aliphatic heterocycles. The zero-order valence-electron chi connectivity index (χ0n) is 18.6. The van der Waals surface area contributed by atoms with E-state index in [1.54, 1.807) is 10.8 Å². The molecule has 0 unspecified atom stereocenters. The molecule has 5 aromatic rings. The van der Waals surface area contributed by atoms with E-state index in [1.165, 1.54) is 24.1 Å². The van der Waals surface area contributed by atoms with Crippen molar-refractivity contribution in [1.29, 1.82) is 0 Å². The van der Waals surface area contributed by atoms with E-state index in [9.17, 15) is 0 Å². The first kappa shape index (κ1) is 19.5. The Morgan fingerprint density at radius 3 is 2.85 bits per heavy atom. The molecule has 0 bridgehead atoms. The van der Waals surface area contributed by atoms with Gasteiger partial charge >= 0.3 is 0 Å². The number of ether oxygens (including phenoxy) is 1. The van der Waals surface area contributed by atoms with E-state index in [4.69, 9.17) is 9.72 Å². The molecule has 2 N–H and O–H groups in total. The Balaban J connectivity index is 1.27. The molecular formula is C25H24N8O. The summed E-state index contributed by atoms with van der Waals surface area (Å²) in [5, 5.41) is 16.1. The minimum Gasteiger partial charge on any atom is -0.378 e. The van der Waals surface area contributed by atoms with E-state index in [2.05, 4.69) is 60.8 Å². The normalized spacial score (nSPS) is 16.4. The van der Waals surface area contributed by atoms with Crippen molar-refractivity contribution in [2.45, 2.75) is 18.8 Å². The Morgan fingerprint density at radius 1 is 1.06 bits per heavy atom. The largest absolute Gasteiger partial charge is 0.378 e. The van der Waals surface area contributed by atoms with Gasteiger partial charge < -0.3 is 15.0 Å². The van der Waals surface area contributed by atoms with Crippen molar-refractivity contribution >= 4 is 33.7 Å². The summed E-state index contributed by atoms with van der Waals surface area (Å²) in [6, 6.07) is 12.8. The lowest BCUT2D eigenvalue weighted by atomic mass is 10.1. The van der Waals surface area contributed by atoms with Crippen LogP contribution in [-0.2, 0) is 4.74 Å². The molecule has 2 aliphatic rings. The molecule has 2 fully saturated rings. The van der Waals surface area contributed by atoms with Gasteiger partial charge in [0.1, 0.15) is 6.33 Å². The van der Waals surface area contributed by atoms with Crippen LogP contribution < -0.4 is 10.2 Å². The third-order valence-corrected chi connectivity index (χ3v) is 6.66. The minimum absolute atomic E-state index is 0.633. The Labute approximate surface area is 195 Å². The maximum Gasteiger partial charge on any atom is 0.198 e. The van der Waals surface area contributed by atoms with Crippen molar-refractivity contribution in [2.75, 3.05) is 36.5 Å². The molecule has 170 valence electrons. The Morgan fingerprint density at radius 2 is 1.97 bits per heavy atom. The molecule has 0 radical (unpaired) electrons. The van der Waals surface area contributed by atoms with E-state index in [0.29, 0.717) is 17.4 Å². The molecule has 0 spiro atoms. The summed E-state index contributed by atoms with van der Waals surface area (Å²) in [4.78, 5) is 11.8. The molecule has 7 rings (SSSR count). The van der Waals surface area contributed by atoms with Gasteiger partial charge in [-0.2, -0.15) is 10.2 Å². The van der Waals surface area contributed by atoms with Gasteiger partial charge in [0.05, 0.1) is 36.8 Å². The SMILES string of the molecule is c1nc2c(Nc3ccc(N4CCOCC4)c(C4CC4)c3)nc(-c3ccc4cn[nH]c4c3)cn2n1. The number of morpholine rings is 1. The summed E-state index contributed by atoms with van der Waals surface area (Å²) in [6.45, 7) is 3.46. The predicted molar refractivity (Wildman–Crippen MR) is 131 cm³/mol. The van der Waals surface area contributed by atoms with Gasteiger partial charge in [0, 0.05) is 35.4 Å². The van der Waals surface area contributed by atoms with Crippen molar-refractivity contribution in [3.63, 3.8) is 0 Å². The average Bonchev–Trinajstić information content (AvgIpc) is 3.42. The number of hydrogen-bond donors (Lipinski definition) is 2. The van der Waals surface area contributed by atoms with Gasteiger partial charge in [-0.15, -0.1) is 0 Å². The van der Waals surface area contributed by atoms with Crippen LogP contribution >= 0.6 is 0 Å². The lowest BCUT2D eigenvalue weighted by molar-refractivity contribution is 0.122. The van der Waals surface area contributed by atoms with Crippen LogP contribution in [0.2, 0.25) is 0 Å². The maximum absolute atomic E-state index is 5.56. The Bertz CT molecular complexity index is 1500. The van der Waals surface area contributed by atoms with E-state index >= 15 is 0 Å². The molecule has 3 aromatic heterocycles. The molecule has 0 atom stereocenters. The van der Waals surface area contributed by atoms with Crippen molar-refractivity contribution in [2.24, 2.45) is 0 Å². The maximum atomic E-state index is 5.56. The smallest absolute Gasteiger partial charge is 0.198 e. The van der Waals surface area contributed by atoms with Crippen LogP contribution in [0.25, 0.3) is 27.8 Å². The summed E-state index contributed by atoms with van der Waals surface area (Å²) in [5.41, 5.74) is 7.21. The summed E-state index contributed by atoms with van der Waals surface area (Å²) < 4.78 is 7.33. The van der Waals surface area contributed by atoms with Crippen LogP contribution in [0.15, 0.2) is 55.1 Å². The first-order valence-electron chi connectivity index (χ1n) is 11.7. The Hall–Kier alpha value is -3.98. The molecule has 0 amide bonds. The van der Waals surface area contributed by atoms with Gasteiger partial charge in [-0.1, -0.05) is 12.1 Å². The van der Waals surface area contributed by atoms with Crippen LogP contribution in [-0.4, -0.2) is 56.1 Å². The van der Waals surface area contributed by atoms with E-state index in [1.807, 2.05) is 18.5 Å². The van der Waals surface area contributed by atoms with Crippen LogP contribution in [0, 0.1) is 0 Å². The second kappa shape index (κ2) is 7.81. The monoisotopic (exact) mass is 452 g/mol. The van der Waals surface area contributed by atoms with Gasteiger partial charge in [-0.3, -0.25) is 5.10 Å². The first-order chi connectivity index (χ1) is 16.8. The summed E-state index contributed by atoms with van der Waals surface area (Å²) in [7, 11) is 0. The third-order valence-electron chi connectivity index (χ3n) is 6.66. The summed E-state index contributed by atoms with van der Waals surface area (Å²) >= 11 is 0. The van der Waals surface area contributed by atoms with Crippen molar-refractivity contribution < 1.29 is 4.74 Å². The zero-order chi connectivity index (χ0) is 22.5. The highest BCUT2D eigenvalue weighted by molar-refractivity contribution is 5.84. The third kappa shape index (κ3) is 3.45. The molecular weight excluding hydrogens is 428 g/mol. The number of rotatable bonds is 5. The molecule has 1 saturated carbocycles. The van der Waals surface area contributed by atoms with Crippen molar-refractivity contribution in [3.05, 3.63) is 60.7 Å². The van der Waals surface area contributed by atoms with Crippen LogP contribution in [0.1, 0.15) is 24.3 Å². The number of benzene rings is 2. The van der Waals surface area contributed by atoms with Crippen LogP contribution in [0.4, 0.5) is 17.2 Å². The van der Waals surface area contributed by atoms with Gasteiger partial charge in [0.25, 0.3) is 0 Å². The van der Waals surface area contributed by atoms with E-state index in [-0.39, 0.29) is 0 Å². The molecule has 9 heteroatoms. The quantitative estimate of drug-likeness (QED) is 0.414. The fraction of sp³-hybridized carbons (Fsp3) is 0.280. The van der Waals surface area contributed by atoms with Crippen molar-refractivity contribution in [1.82, 2.24) is 29.8 Å². The lowest BCUT2D eigenvalue weighted by Gasteiger charge is -2.31. The lowest BCUT2D eigenvalue weighted by Crippen LogP contribution is -2.36. The fourth-order valence-electron chi connectivity index (χ4n) is 4.73. The van der Waals surface area contributed by atoms with Crippen LogP contribution in [0.3, 0.4) is 0 Å². The van der Waals surface area contributed by atoms with Gasteiger partial charge in [-0.05, 0) is 48.6 Å². The standard InChI is InChI=1S/C25H24N8O/c1-2-16(1)20-12-19(5-6-23(20)32-7-9-34-10-8-32)29-24-25-26-15-28-33(25)14-22(30-24)17-3-4-18-13-27-31-21(18)11-17/h3-6,11-16H,1-2,7-10H2,(H,27,31)(H,29,30). The zero-order valence-corrected chi connectivity index (χ0v) is 18.6. The predicted octanol–water partition coefficient (Wildman–Crippen LogP) is 4.13. The highest BCUT2D eigenvalue weighted by Crippen LogP contribution is 2.45. The molecule has 1 saturated heterocycles. The fourth-order valence-corrected chi connectivity index (χ4v) is 4.73. The first-order valence-corrected chi connectivity index (χ1v) is 11.7. The highest BCUT2D eigenvalue weighted by atomic mass is 16.5. The molecule has 34 heavy (non-hydrogen) atoms. The van der Waals surface area contributed by atoms with Crippen molar-refractivity contribution in [3.8, 4) is 11.3 Å². The second-order valence-corrected chi connectivity index (χ2v) is 8.95. The summed E-state index contributed by atoms with van der Waals surface area (Å²) in [6.07, 6.45) is 7.78. The van der Waals surface area contributed by atoms with E-state index in [0.717, 1.165) is 54.2 Å².